The molecule has 0 aliphatic heterocycles. The summed E-state index contributed by atoms with van der Waals surface area (Å²) in [6, 6.07) is 6.44. The van der Waals surface area contributed by atoms with Crippen molar-refractivity contribution >= 4 is 6.03 Å². The molecule has 4 nitrogen and oxygen atoms in total. The number of carbonyl (C=O) groups excluding carboxylic acids is 1. The van der Waals surface area contributed by atoms with E-state index in [1.54, 1.807) is 18.0 Å². The van der Waals surface area contributed by atoms with Crippen LogP contribution in [0.1, 0.15) is 37.7 Å². The quantitative estimate of drug-likeness (QED) is 0.791. The molecule has 1 aromatic carbocycles. The molecule has 0 aromatic heterocycles. The predicted octanol–water partition coefficient (Wildman–Crippen LogP) is 2.95. The molecular weight excluding hydrogens is 295 g/mol. The summed E-state index contributed by atoms with van der Waals surface area (Å²) in [4.78, 5) is 13.7. The summed E-state index contributed by atoms with van der Waals surface area (Å²) in [7, 11) is 1.77. The maximum absolute atomic E-state index is 13.1. The Balaban J connectivity index is 1.65. The van der Waals surface area contributed by atoms with Crippen LogP contribution in [0.5, 0.6) is 0 Å². The Bertz CT molecular complexity index is 510. The molecular formula is C18H27FN2O2. The van der Waals surface area contributed by atoms with Gasteiger partial charge in [-0.15, -0.1) is 0 Å². The third-order valence-corrected chi connectivity index (χ3v) is 4.53. The van der Waals surface area contributed by atoms with Crippen molar-refractivity contribution in [2.24, 2.45) is 5.92 Å². The highest BCUT2D eigenvalue weighted by Gasteiger charge is 2.25. The van der Waals surface area contributed by atoms with Gasteiger partial charge in [-0.3, -0.25) is 0 Å². The Morgan fingerprint density at radius 1 is 1.39 bits per heavy atom. The SMILES string of the molecule is CN(CC1CCCCC1O)C(=O)NCCCc1cccc(F)c1. The Morgan fingerprint density at radius 3 is 2.91 bits per heavy atom. The zero-order chi connectivity index (χ0) is 16.7. The molecule has 0 spiro atoms. The first-order valence-corrected chi connectivity index (χ1v) is 8.47. The lowest BCUT2D eigenvalue weighted by atomic mass is 9.86. The largest absolute Gasteiger partial charge is 0.393 e. The van der Waals surface area contributed by atoms with E-state index in [0.717, 1.165) is 44.1 Å². The number of aliphatic hydroxyl groups excluding tert-OH is 1. The molecule has 0 bridgehead atoms. The van der Waals surface area contributed by atoms with Crippen LogP contribution in [-0.4, -0.2) is 42.3 Å². The average Bonchev–Trinajstić information content (AvgIpc) is 2.53. The highest BCUT2D eigenvalue weighted by Crippen LogP contribution is 2.24. The maximum Gasteiger partial charge on any atom is 0.317 e. The molecule has 0 saturated heterocycles. The van der Waals surface area contributed by atoms with Gasteiger partial charge in [0.1, 0.15) is 5.82 Å². The van der Waals surface area contributed by atoms with Crippen molar-refractivity contribution in [1.82, 2.24) is 10.2 Å². The molecule has 1 saturated carbocycles. The number of aliphatic hydroxyl groups is 1. The van der Waals surface area contributed by atoms with E-state index in [-0.39, 0.29) is 23.9 Å². The van der Waals surface area contributed by atoms with E-state index in [4.69, 9.17) is 0 Å². The highest BCUT2D eigenvalue weighted by atomic mass is 19.1. The smallest absolute Gasteiger partial charge is 0.317 e. The van der Waals surface area contributed by atoms with Crippen molar-refractivity contribution in [2.75, 3.05) is 20.1 Å². The van der Waals surface area contributed by atoms with Gasteiger partial charge in [0.25, 0.3) is 0 Å². The minimum atomic E-state index is -0.285. The number of hydrogen-bond acceptors (Lipinski definition) is 2. The van der Waals surface area contributed by atoms with E-state index >= 15 is 0 Å². The van der Waals surface area contributed by atoms with Gasteiger partial charge in [-0.05, 0) is 43.4 Å². The number of halogens is 1. The lowest BCUT2D eigenvalue weighted by Gasteiger charge is -2.31. The van der Waals surface area contributed by atoms with Gasteiger partial charge in [-0.25, -0.2) is 9.18 Å². The number of rotatable bonds is 6. The second-order valence-corrected chi connectivity index (χ2v) is 6.46. The van der Waals surface area contributed by atoms with Crippen molar-refractivity contribution < 1.29 is 14.3 Å². The number of amides is 2. The first kappa shape index (κ1) is 17.7. The van der Waals surface area contributed by atoms with E-state index in [1.165, 1.54) is 12.1 Å². The van der Waals surface area contributed by atoms with Gasteiger partial charge >= 0.3 is 6.03 Å². The molecule has 2 unspecified atom stereocenters. The number of aryl methyl sites for hydroxylation is 1. The molecule has 0 heterocycles. The molecule has 2 N–H and O–H groups in total. The number of carbonyl (C=O) groups is 1. The molecule has 23 heavy (non-hydrogen) atoms. The van der Waals surface area contributed by atoms with Crippen LogP contribution in [0, 0.1) is 11.7 Å². The normalized spacial score (nSPS) is 21.0. The number of benzene rings is 1. The fourth-order valence-corrected chi connectivity index (χ4v) is 3.15. The number of nitrogens with zero attached hydrogens (tertiary/aromatic N) is 1. The van der Waals surface area contributed by atoms with Crippen LogP contribution >= 0.6 is 0 Å². The number of urea groups is 1. The first-order valence-electron chi connectivity index (χ1n) is 8.47. The fourth-order valence-electron chi connectivity index (χ4n) is 3.15. The van der Waals surface area contributed by atoms with Gasteiger partial charge in [-0.2, -0.15) is 0 Å². The molecule has 2 atom stereocenters. The summed E-state index contributed by atoms with van der Waals surface area (Å²) in [5.74, 6) is -0.0379. The maximum atomic E-state index is 13.1. The highest BCUT2D eigenvalue weighted by molar-refractivity contribution is 5.73. The minimum Gasteiger partial charge on any atom is -0.393 e. The lowest BCUT2D eigenvalue weighted by molar-refractivity contribution is 0.0565. The Morgan fingerprint density at radius 2 is 2.17 bits per heavy atom. The van der Waals surface area contributed by atoms with Crippen LogP contribution in [0.4, 0.5) is 9.18 Å². The van der Waals surface area contributed by atoms with Crippen molar-refractivity contribution in [3.05, 3.63) is 35.6 Å². The summed E-state index contributed by atoms with van der Waals surface area (Å²) in [5.41, 5.74) is 0.943. The van der Waals surface area contributed by atoms with Crippen LogP contribution in [-0.2, 0) is 6.42 Å². The summed E-state index contributed by atoms with van der Waals surface area (Å²) in [6.07, 6.45) is 5.26. The molecule has 1 fully saturated rings. The Hall–Kier alpha value is -1.62. The van der Waals surface area contributed by atoms with Gasteiger partial charge in [0, 0.05) is 26.1 Å². The van der Waals surface area contributed by atoms with Crippen LogP contribution in [0.15, 0.2) is 24.3 Å². The number of nitrogens with one attached hydrogen (secondary N) is 1. The van der Waals surface area contributed by atoms with Crippen LogP contribution < -0.4 is 5.32 Å². The molecule has 1 aliphatic rings. The molecule has 2 amide bonds. The lowest BCUT2D eigenvalue weighted by Crippen LogP contribution is -2.43. The first-order chi connectivity index (χ1) is 11.1. The molecule has 1 aliphatic carbocycles. The topological polar surface area (TPSA) is 52.6 Å². The second-order valence-electron chi connectivity index (χ2n) is 6.46. The molecule has 2 rings (SSSR count). The van der Waals surface area contributed by atoms with Crippen molar-refractivity contribution in [3.8, 4) is 0 Å². The van der Waals surface area contributed by atoms with Crippen LogP contribution in [0.2, 0.25) is 0 Å². The van der Waals surface area contributed by atoms with E-state index in [9.17, 15) is 14.3 Å². The summed E-state index contributed by atoms with van der Waals surface area (Å²) in [5, 5.41) is 12.9. The van der Waals surface area contributed by atoms with Gasteiger partial charge in [0.05, 0.1) is 6.10 Å². The van der Waals surface area contributed by atoms with Crippen LogP contribution in [0.3, 0.4) is 0 Å². The fraction of sp³-hybridized carbons (Fsp3) is 0.611. The van der Waals surface area contributed by atoms with E-state index in [1.807, 2.05) is 6.07 Å². The zero-order valence-corrected chi connectivity index (χ0v) is 13.8. The summed E-state index contributed by atoms with van der Waals surface area (Å²) >= 11 is 0. The molecule has 0 radical (unpaired) electrons. The number of hydrogen-bond donors (Lipinski definition) is 2. The average molecular weight is 322 g/mol. The third-order valence-electron chi connectivity index (χ3n) is 4.53. The zero-order valence-electron chi connectivity index (χ0n) is 13.8. The van der Waals surface area contributed by atoms with Gasteiger partial charge in [0.15, 0.2) is 0 Å². The standard InChI is InChI=1S/C18H27FN2O2/c1-21(13-15-8-2-3-10-17(15)22)18(23)20-11-5-7-14-6-4-9-16(19)12-14/h4,6,9,12,15,17,22H,2-3,5,7-8,10-11,13H2,1H3,(H,20,23). The second kappa shape index (κ2) is 8.87. The van der Waals surface area contributed by atoms with Gasteiger partial charge < -0.3 is 15.3 Å². The van der Waals surface area contributed by atoms with Gasteiger partial charge in [-0.1, -0.05) is 25.0 Å². The monoisotopic (exact) mass is 322 g/mol. The summed E-state index contributed by atoms with van der Waals surface area (Å²) < 4.78 is 13.1. The summed E-state index contributed by atoms with van der Waals surface area (Å²) in [6.45, 7) is 1.16. The molecule has 5 heteroatoms. The van der Waals surface area contributed by atoms with Crippen molar-refractivity contribution in [2.45, 2.75) is 44.6 Å². The predicted molar refractivity (Wildman–Crippen MR) is 88.7 cm³/mol. The molecule has 128 valence electrons. The van der Waals surface area contributed by atoms with Crippen molar-refractivity contribution in [3.63, 3.8) is 0 Å². The third kappa shape index (κ3) is 5.82. The van der Waals surface area contributed by atoms with Crippen LogP contribution in [0.25, 0.3) is 0 Å². The van der Waals surface area contributed by atoms with Gasteiger partial charge in [0.2, 0.25) is 0 Å². The van der Waals surface area contributed by atoms with E-state index in [2.05, 4.69) is 5.32 Å². The minimum absolute atomic E-state index is 0.109. The van der Waals surface area contributed by atoms with Crippen molar-refractivity contribution in [1.29, 1.82) is 0 Å². The molecule has 1 aromatic rings. The Labute approximate surface area is 137 Å². The van der Waals surface area contributed by atoms with E-state index in [0.29, 0.717) is 13.1 Å². The Kier molecular flexibility index (Phi) is 6.84. The van der Waals surface area contributed by atoms with E-state index < -0.39 is 0 Å².